The quantitative estimate of drug-likeness (QED) is 0.656. The van der Waals surface area contributed by atoms with Crippen molar-refractivity contribution in [3.8, 4) is 0 Å². The van der Waals surface area contributed by atoms with Gasteiger partial charge in [-0.25, -0.2) is 12.7 Å². The van der Waals surface area contributed by atoms with Crippen molar-refractivity contribution in [1.29, 1.82) is 0 Å². The Hall–Kier alpha value is -3.45. The molecule has 0 spiro atoms. The molecule has 158 valence electrons. The van der Waals surface area contributed by atoms with Crippen LogP contribution >= 0.6 is 0 Å². The van der Waals surface area contributed by atoms with Gasteiger partial charge in [-0.3, -0.25) is 9.59 Å². The maximum atomic E-state index is 12.9. The van der Waals surface area contributed by atoms with E-state index in [1.165, 1.54) is 18.2 Å². The van der Waals surface area contributed by atoms with Crippen molar-refractivity contribution in [3.05, 3.63) is 95.1 Å². The van der Waals surface area contributed by atoms with Crippen LogP contribution in [0.2, 0.25) is 0 Å². The molecule has 0 saturated carbocycles. The maximum absolute atomic E-state index is 12.9. The Labute approximate surface area is 181 Å². The van der Waals surface area contributed by atoms with E-state index >= 15 is 0 Å². The molecule has 0 aliphatic carbocycles. The Kier molecular flexibility index (Phi) is 5.37. The first-order valence-electron chi connectivity index (χ1n) is 9.95. The Morgan fingerprint density at radius 3 is 2.35 bits per heavy atom. The number of fused-ring (bicyclic) bond motifs is 1. The molecule has 0 saturated heterocycles. The van der Waals surface area contributed by atoms with Gasteiger partial charge in [0.15, 0.2) is 0 Å². The van der Waals surface area contributed by atoms with Crippen LogP contribution in [0.4, 0.5) is 5.69 Å². The third-order valence-electron chi connectivity index (χ3n) is 5.18. The van der Waals surface area contributed by atoms with Crippen molar-refractivity contribution in [2.75, 3.05) is 5.32 Å². The second kappa shape index (κ2) is 8.00. The molecule has 4 rings (SSSR count). The fraction of sp³-hybridized carbons (Fsp3) is 0.167. The van der Waals surface area contributed by atoms with Crippen LogP contribution in [0.5, 0.6) is 0 Å². The molecule has 0 aromatic heterocycles. The Morgan fingerprint density at radius 2 is 1.65 bits per heavy atom. The topological polar surface area (TPSA) is 83.6 Å². The number of sulfonamides is 1. The van der Waals surface area contributed by atoms with E-state index in [0.29, 0.717) is 12.1 Å². The van der Waals surface area contributed by atoms with E-state index in [-0.39, 0.29) is 16.0 Å². The molecule has 2 amide bonds. The average molecular weight is 435 g/mol. The highest BCUT2D eigenvalue weighted by molar-refractivity contribution is 7.90. The summed E-state index contributed by atoms with van der Waals surface area (Å²) in [4.78, 5) is 25.3. The minimum absolute atomic E-state index is 0.0923. The van der Waals surface area contributed by atoms with Crippen molar-refractivity contribution >= 4 is 27.5 Å². The highest BCUT2D eigenvalue weighted by Crippen LogP contribution is 2.33. The van der Waals surface area contributed by atoms with Crippen molar-refractivity contribution < 1.29 is 18.0 Å². The molecule has 0 unspecified atom stereocenters. The number of amides is 2. The molecule has 1 N–H and O–H groups in total. The van der Waals surface area contributed by atoms with Gasteiger partial charge in [0, 0.05) is 17.3 Å². The molecule has 31 heavy (non-hydrogen) atoms. The van der Waals surface area contributed by atoms with Gasteiger partial charge in [-0.05, 0) is 55.7 Å². The van der Waals surface area contributed by atoms with E-state index in [2.05, 4.69) is 5.32 Å². The first kappa shape index (κ1) is 20.8. The minimum Gasteiger partial charge on any atom is -0.322 e. The lowest BCUT2D eigenvalue weighted by atomic mass is 10.0. The Balaban J connectivity index is 1.62. The number of hydrogen-bond donors (Lipinski definition) is 1. The number of rotatable bonds is 5. The Bertz CT molecular complexity index is 1270. The summed E-state index contributed by atoms with van der Waals surface area (Å²) in [7, 11) is -3.97. The smallest absolute Gasteiger partial charge is 0.269 e. The molecule has 0 atom stereocenters. The summed E-state index contributed by atoms with van der Waals surface area (Å²) in [6, 6.07) is 21.0. The van der Waals surface area contributed by atoms with Gasteiger partial charge >= 0.3 is 0 Å². The van der Waals surface area contributed by atoms with Gasteiger partial charge in [0.2, 0.25) is 0 Å². The Morgan fingerprint density at radius 1 is 0.968 bits per heavy atom. The van der Waals surface area contributed by atoms with Gasteiger partial charge in [-0.2, -0.15) is 0 Å². The average Bonchev–Trinajstić information content (AvgIpc) is 2.95. The van der Waals surface area contributed by atoms with Crippen LogP contribution in [0.25, 0.3) is 0 Å². The molecule has 3 aromatic rings. The number of nitrogens with one attached hydrogen (secondary N) is 1. The van der Waals surface area contributed by atoms with E-state index in [1.807, 2.05) is 54.6 Å². The van der Waals surface area contributed by atoms with Crippen LogP contribution in [-0.4, -0.2) is 30.6 Å². The van der Waals surface area contributed by atoms with Crippen LogP contribution in [0, 0.1) is 0 Å². The standard InChI is InChI=1S/C24H22N2O4S/c1-16(2)26-24(28)20-13-12-19(15-22(20)31(26,29)30)23(27)25-21-11-7-6-10-18(21)14-17-8-4-3-5-9-17/h3-13,15-16H,14H2,1-2H3,(H,25,27). The van der Waals surface area contributed by atoms with E-state index in [9.17, 15) is 18.0 Å². The summed E-state index contributed by atoms with van der Waals surface area (Å²) < 4.78 is 26.5. The highest BCUT2D eigenvalue weighted by Gasteiger charge is 2.42. The second-order valence-corrected chi connectivity index (χ2v) is 9.47. The van der Waals surface area contributed by atoms with Crippen molar-refractivity contribution in [3.63, 3.8) is 0 Å². The third-order valence-corrected chi connectivity index (χ3v) is 7.18. The first-order chi connectivity index (χ1) is 14.8. The molecule has 0 bridgehead atoms. The minimum atomic E-state index is -3.97. The lowest BCUT2D eigenvalue weighted by Crippen LogP contribution is -2.36. The molecule has 3 aromatic carbocycles. The largest absolute Gasteiger partial charge is 0.322 e. The molecule has 7 heteroatoms. The SMILES string of the molecule is CC(C)N1C(=O)c2ccc(C(=O)Nc3ccccc3Cc3ccccc3)cc2S1(=O)=O. The van der Waals surface area contributed by atoms with Crippen LogP contribution in [0.1, 0.15) is 45.7 Å². The van der Waals surface area contributed by atoms with Crippen LogP contribution in [0.3, 0.4) is 0 Å². The lowest BCUT2D eigenvalue weighted by Gasteiger charge is -2.18. The number of nitrogens with zero attached hydrogens (tertiary/aromatic N) is 1. The molecule has 1 aliphatic heterocycles. The summed E-state index contributed by atoms with van der Waals surface area (Å²) in [6.45, 7) is 3.28. The summed E-state index contributed by atoms with van der Waals surface area (Å²) >= 11 is 0. The zero-order valence-electron chi connectivity index (χ0n) is 17.2. The molecule has 0 radical (unpaired) electrons. The van der Waals surface area contributed by atoms with Gasteiger partial charge in [0.25, 0.3) is 21.8 Å². The number of benzene rings is 3. The van der Waals surface area contributed by atoms with Crippen molar-refractivity contribution in [2.24, 2.45) is 0 Å². The predicted octanol–water partition coefficient (Wildman–Crippen LogP) is 4.08. The molecular formula is C24H22N2O4S. The molecule has 1 heterocycles. The van der Waals surface area contributed by atoms with Gasteiger partial charge in [-0.1, -0.05) is 48.5 Å². The third kappa shape index (κ3) is 3.84. The second-order valence-electron chi connectivity index (χ2n) is 7.68. The van der Waals surface area contributed by atoms with Crippen LogP contribution < -0.4 is 5.32 Å². The number of para-hydroxylation sites is 1. The van der Waals surface area contributed by atoms with Crippen molar-refractivity contribution in [1.82, 2.24) is 4.31 Å². The highest BCUT2D eigenvalue weighted by atomic mass is 32.2. The fourth-order valence-electron chi connectivity index (χ4n) is 3.71. The summed E-state index contributed by atoms with van der Waals surface area (Å²) in [5, 5.41) is 2.88. The summed E-state index contributed by atoms with van der Waals surface area (Å²) in [5.74, 6) is -1.00. The van der Waals surface area contributed by atoms with Gasteiger partial charge in [0.05, 0.1) is 5.56 Å². The lowest BCUT2D eigenvalue weighted by molar-refractivity contribution is 0.0846. The summed E-state index contributed by atoms with van der Waals surface area (Å²) in [5.41, 5.74) is 2.97. The van der Waals surface area contributed by atoms with Crippen molar-refractivity contribution in [2.45, 2.75) is 31.2 Å². The first-order valence-corrected chi connectivity index (χ1v) is 11.4. The number of carbonyl (C=O) groups is 2. The van der Waals surface area contributed by atoms with Gasteiger partial charge in [0.1, 0.15) is 4.90 Å². The van der Waals surface area contributed by atoms with E-state index < -0.39 is 27.9 Å². The zero-order valence-corrected chi connectivity index (χ0v) is 18.0. The molecule has 1 aliphatic rings. The fourth-order valence-corrected chi connectivity index (χ4v) is 5.50. The summed E-state index contributed by atoms with van der Waals surface area (Å²) in [6.07, 6.45) is 0.647. The molecule has 6 nitrogen and oxygen atoms in total. The van der Waals surface area contributed by atoms with Gasteiger partial charge < -0.3 is 5.32 Å². The van der Waals surface area contributed by atoms with Crippen LogP contribution in [0.15, 0.2) is 77.7 Å². The normalized spacial score (nSPS) is 14.5. The molecular weight excluding hydrogens is 412 g/mol. The number of anilines is 1. The van der Waals surface area contributed by atoms with E-state index in [1.54, 1.807) is 13.8 Å². The number of carbonyl (C=O) groups excluding carboxylic acids is 2. The van der Waals surface area contributed by atoms with Crippen LogP contribution in [-0.2, 0) is 16.4 Å². The van der Waals surface area contributed by atoms with E-state index in [0.717, 1.165) is 15.4 Å². The molecule has 0 fully saturated rings. The predicted molar refractivity (Wildman–Crippen MR) is 119 cm³/mol. The zero-order chi connectivity index (χ0) is 22.2. The number of hydrogen-bond acceptors (Lipinski definition) is 4. The van der Waals surface area contributed by atoms with E-state index in [4.69, 9.17) is 0 Å². The van der Waals surface area contributed by atoms with Gasteiger partial charge in [-0.15, -0.1) is 0 Å². The maximum Gasteiger partial charge on any atom is 0.269 e. The monoisotopic (exact) mass is 434 g/mol.